The van der Waals surface area contributed by atoms with Gasteiger partial charge in [0.15, 0.2) is 17.3 Å². The zero-order valence-corrected chi connectivity index (χ0v) is 17.0. The number of hydrogen-bond acceptors (Lipinski definition) is 6. The van der Waals surface area contributed by atoms with E-state index in [9.17, 15) is 9.59 Å². The fraction of sp³-hybridized carbons (Fsp3) is 0.364. The fourth-order valence-corrected chi connectivity index (χ4v) is 3.33. The first kappa shape index (κ1) is 20.7. The molecule has 1 aliphatic rings. The summed E-state index contributed by atoms with van der Waals surface area (Å²) in [5.41, 5.74) is 1.22. The average Bonchev–Trinajstić information content (AvgIpc) is 2.78. The predicted molar refractivity (Wildman–Crippen MR) is 109 cm³/mol. The minimum atomic E-state index is -0.00137. The maximum atomic E-state index is 12.7. The standard InChI is InChI=1S/C22H26N2O5/c1-27-18-7-4-16(5-8-18)22(26)24-12-10-23(11-13-24)15-19(25)17-6-9-20(28-2)21(14-17)29-3/h4-9,14H,10-13,15H2,1-3H3. The number of ketones is 1. The van der Waals surface area contributed by atoms with Gasteiger partial charge < -0.3 is 19.1 Å². The quantitative estimate of drug-likeness (QED) is 0.667. The molecule has 3 rings (SSSR count). The van der Waals surface area contributed by atoms with Crippen LogP contribution in [-0.4, -0.2) is 75.5 Å². The second-order valence-corrected chi connectivity index (χ2v) is 6.79. The monoisotopic (exact) mass is 398 g/mol. The SMILES string of the molecule is COc1ccc(C(=O)N2CCN(CC(=O)c3ccc(OC)c(OC)c3)CC2)cc1. The summed E-state index contributed by atoms with van der Waals surface area (Å²) in [6, 6.07) is 12.3. The zero-order valence-electron chi connectivity index (χ0n) is 17.0. The van der Waals surface area contributed by atoms with Crippen LogP contribution in [0.3, 0.4) is 0 Å². The van der Waals surface area contributed by atoms with E-state index in [1.807, 2.05) is 4.90 Å². The Hall–Kier alpha value is -3.06. The highest BCUT2D eigenvalue weighted by atomic mass is 16.5. The van der Waals surface area contributed by atoms with E-state index in [1.54, 1.807) is 63.8 Å². The zero-order chi connectivity index (χ0) is 20.8. The van der Waals surface area contributed by atoms with Crippen molar-refractivity contribution in [2.45, 2.75) is 0 Å². The maximum absolute atomic E-state index is 12.7. The van der Waals surface area contributed by atoms with Crippen molar-refractivity contribution in [2.75, 3.05) is 54.1 Å². The summed E-state index contributed by atoms with van der Waals surface area (Å²) in [6.45, 7) is 2.79. The molecule has 0 aliphatic carbocycles. The Labute approximate surface area is 170 Å². The summed E-state index contributed by atoms with van der Waals surface area (Å²) in [4.78, 5) is 29.2. The second kappa shape index (κ2) is 9.43. The Bertz CT molecular complexity index is 858. The molecule has 2 aromatic carbocycles. The molecule has 154 valence electrons. The Balaban J connectivity index is 1.55. The molecule has 1 fully saturated rings. The number of amides is 1. The van der Waals surface area contributed by atoms with Gasteiger partial charge in [-0.25, -0.2) is 0 Å². The lowest BCUT2D eigenvalue weighted by molar-refractivity contribution is 0.0624. The molecule has 0 aromatic heterocycles. The molecule has 2 aromatic rings. The molecule has 1 heterocycles. The second-order valence-electron chi connectivity index (χ2n) is 6.79. The van der Waals surface area contributed by atoms with E-state index in [2.05, 4.69) is 4.90 Å². The van der Waals surface area contributed by atoms with Crippen molar-refractivity contribution in [2.24, 2.45) is 0 Å². The van der Waals surface area contributed by atoms with Crippen molar-refractivity contribution >= 4 is 11.7 Å². The van der Waals surface area contributed by atoms with Crippen LogP contribution in [0.4, 0.5) is 0 Å². The van der Waals surface area contributed by atoms with Gasteiger partial charge in [0.1, 0.15) is 5.75 Å². The van der Waals surface area contributed by atoms with Gasteiger partial charge in [-0.1, -0.05) is 0 Å². The Morgan fingerprint density at radius 3 is 2.00 bits per heavy atom. The van der Waals surface area contributed by atoms with Crippen molar-refractivity contribution in [3.63, 3.8) is 0 Å². The van der Waals surface area contributed by atoms with Crippen LogP contribution in [0.25, 0.3) is 0 Å². The molecule has 7 nitrogen and oxygen atoms in total. The molecule has 29 heavy (non-hydrogen) atoms. The predicted octanol–water partition coefficient (Wildman–Crippen LogP) is 2.35. The van der Waals surface area contributed by atoms with Crippen LogP contribution in [0.2, 0.25) is 0 Å². The molecule has 0 N–H and O–H groups in total. The van der Waals surface area contributed by atoms with Gasteiger partial charge in [0, 0.05) is 37.3 Å². The van der Waals surface area contributed by atoms with Gasteiger partial charge in [-0.2, -0.15) is 0 Å². The highest BCUT2D eigenvalue weighted by Crippen LogP contribution is 2.27. The first-order chi connectivity index (χ1) is 14.0. The number of ether oxygens (including phenoxy) is 3. The van der Waals surface area contributed by atoms with Gasteiger partial charge in [-0.15, -0.1) is 0 Å². The molecule has 0 spiro atoms. The summed E-state index contributed by atoms with van der Waals surface area (Å²) in [5, 5.41) is 0. The number of methoxy groups -OCH3 is 3. The van der Waals surface area contributed by atoms with Crippen LogP contribution in [0, 0.1) is 0 Å². The molecule has 0 atom stereocenters. The molecule has 0 saturated carbocycles. The summed E-state index contributed by atoms with van der Waals surface area (Å²) in [5.74, 6) is 1.86. The number of hydrogen-bond donors (Lipinski definition) is 0. The van der Waals surface area contributed by atoms with Crippen LogP contribution in [0.15, 0.2) is 42.5 Å². The Morgan fingerprint density at radius 2 is 1.41 bits per heavy atom. The Kier molecular flexibility index (Phi) is 6.72. The fourth-order valence-electron chi connectivity index (χ4n) is 3.33. The van der Waals surface area contributed by atoms with Gasteiger partial charge in [-0.3, -0.25) is 14.5 Å². The molecule has 1 amide bonds. The van der Waals surface area contributed by atoms with Crippen molar-refractivity contribution < 1.29 is 23.8 Å². The minimum Gasteiger partial charge on any atom is -0.497 e. The smallest absolute Gasteiger partial charge is 0.253 e. The van der Waals surface area contributed by atoms with Gasteiger partial charge >= 0.3 is 0 Å². The first-order valence-electron chi connectivity index (χ1n) is 9.46. The number of carbonyl (C=O) groups excluding carboxylic acids is 2. The Morgan fingerprint density at radius 1 is 0.793 bits per heavy atom. The van der Waals surface area contributed by atoms with Crippen molar-refractivity contribution in [1.29, 1.82) is 0 Å². The third-order valence-electron chi connectivity index (χ3n) is 5.07. The van der Waals surface area contributed by atoms with Crippen LogP contribution < -0.4 is 14.2 Å². The molecular formula is C22H26N2O5. The van der Waals surface area contributed by atoms with Crippen LogP contribution in [-0.2, 0) is 0 Å². The average molecular weight is 398 g/mol. The largest absolute Gasteiger partial charge is 0.497 e. The number of carbonyl (C=O) groups is 2. The van der Waals surface area contributed by atoms with Gasteiger partial charge in [0.2, 0.25) is 0 Å². The van der Waals surface area contributed by atoms with Crippen molar-refractivity contribution in [3.8, 4) is 17.2 Å². The van der Waals surface area contributed by atoms with Gasteiger partial charge in [0.05, 0.1) is 27.9 Å². The van der Waals surface area contributed by atoms with E-state index in [0.29, 0.717) is 55.3 Å². The topological polar surface area (TPSA) is 68.3 Å². The maximum Gasteiger partial charge on any atom is 0.253 e. The molecule has 0 radical (unpaired) electrons. The van der Waals surface area contributed by atoms with E-state index in [1.165, 1.54) is 0 Å². The van der Waals surface area contributed by atoms with Gasteiger partial charge in [0.25, 0.3) is 5.91 Å². The highest BCUT2D eigenvalue weighted by Gasteiger charge is 2.24. The number of benzene rings is 2. The van der Waals surface area contributed by atoms with Gasteiger partial charge in [-0.05, 0) is 42.5 Å². The molecule has 7 heteroatoms. The van der Waals surface area contributed by atoms with E-state index >= 15 is 0 Å². The van der Waals surface area contributed by atoms with Crippen LogP contribution in [0.1, 0.15) is 20.7 Å². The number of Topliss-reactive ketones (excluding diaryl/α,β-unsaturated/α-hetero) is 1. The number of nitrogens with zero attached hydrogens (tertiary/aromatic N) is 2. The third-order valence-corrected chi connectivity index (χ3v) is 5.07. The summed E-state index contributed by atoms with van der Waals surface area (Å²) >= 11 is 0. The lowest BCUT2D eigenvalue weighted by Crippen LogP contribution is -2.49. The molecule has 1 aliphatic heterocycles. The molecular weight excluding hydrogens is 372 g/mol. The minimum absolute atomic E-state index is 0.00137. The lowest BCUT2D eigenvalue weighted by Gasteiger charge is -2.34. The van der Waals surface area contributed by atoms with Crippen molar-refractivity contribution in [3.05, 3.63) is 53.6 Å². The summed E-state index contributed by atoms with van der Waals surface area (Å²) in [7, 11) is 4.70. The number of rotatable bonds is 7. The summed E-state index contributed by atoms with van der Waals surface area (Å²) in [6.07, 6.45) is 0. The van der Waals surface area contributed by atoms with E-state index in [-0.39, 0.29) is 11.7 Å². The summed E-state index contributed by atoms with van der Waals surface area (Å²) < 4.78 is 15.6. The molecule has 0 bridgehead atoms. The van der Waals surface area contributed by atoms with Crippen molar-refractivity contribution in [1.82, 2.24) is 9.80 Å². The van der Waals surface area contributed by atoms with E-state index < -0.39 is 0 Å². The normalized spacial score (nSPS) is 14.4. The lowest BCUT2D eigenvalue weighted by atomic mass is 10.1. The number of piperazine rings is 1. The highest BCUT2D eigenvalue weighted by molar-refractivity contribution is 5.98. The van der Waals surface area contributed by atoms with Crippen LogP contribution in [0.5, 0.6) is 17.2 Å². The third kappa shape index (κ3) is 4.86. The van der Waals surface area contributed by atoms with Crippen LogP contribution >= 0.6 is 0 Å². The van der Waals surface area contributed by atoms with E-state index in [4.69, 9.17) is 14.2 Å². The first-order valence-corrected chi connectivity index (χ1v) is 9.46. The molecule has 1 saturated heterocycles. The van der Waals surface area contributed by atoms with E-state index in [0.717, 1.165) is 5.75 Å². The molecule has 0 unspecified atom stereocenters.